The highest BCUT2D eigenvalue weighted by Crippen LogP contribution is 2.67. The third-order valence-corrected chi connectivity index (χ3v) is 5.49. The number of aliphatic imine (C=N–C) groups is 1. The van der Waals surface area contributed by atoms with E-state index in [1.54, 1.807) is 14.0 Å². The number of benzene rings is 1. The molecule has 1 aliphatic carbocycles. The molecular formula is C16H22F2N2O2S. The molecule has 23 heavy (non-hydrogen) atoms. The number of hydrogen-bond donors (Lipinski definition) is 1. The Kier molecular flexibility index (Phi) is 5.52. The molecule has 0 saturated heterocycles. The van der Waals surface area contributed by atoms with E-state index in [1.807, 2.05) is 24.3 Å². The summed E-state index contributed by atoms with van der Waals surface area (Å²) >= 11 is 0.932. The fourth-order valence-corrected chi connectivity index (χ4v) is 4.15. The molecule has 0 radical (unpaired) electrons. The number of nitrogens with zero attached hydrogens (tertiary/aromatic N) is 1. The molecule has 1 aromatic carbocycles. The number of ether oxygens (including phenoxy) is 2. The summed E-state index contributed by atoms with van der Waals surface area (Å²) in [6.07, 6.45) is 0.384. The Hall–Kier alpha value is -1.34. The van der Waals surface area contributed by atoms with E-state index in [4.69, 9.17) is 15.2 Å². The maximum Gasteiger partial charge on any atom is 0.270 e. The molecule has 0 aliphatic heterocycles. The lowest BCUT2D eigenvalue weighted by Gasteiger charge is -2.15. The summed E-state index contributed by atoms with van der Waals surface area (Å²) in [6, 6.07) is 7.38. The van der Waals surface area contributed by atoms with Crippen molar-refractivity contribution >= 4 is 16.9 Å². The van der Waals surface area contributed by atoms with Crippen LogP contribution in [0.25, 0.3) is 0 Å². The molecule has 0 amide bonds. The summed E-state index contributed by atoms with van der Waals surface area (Å²) in [7, 11) is 3.02. The average molecular weight is 344 g/mol. The lowest BCUT2D eigenvalue weighted by atomic mass is 10.2. The molecule has 1 aromatic rings. The first-order valence-electron chi connectivity index (χ1n) is 7.40. The molecule has 7 heteroatoms. The van der Waals surface area contributed by atoms with Gasteiger partial charge in [0.15, 0.2) is 5.17 Å². The zero-order chi connectivity index (χ0) is 17.1. The van der Waals surface area contributed by atoms with E-state index in [0.29, 0.717) is 13.0 Å². The fourth-order valence-electron chi connectivity index (χ4n) is 2.79. The van der Waals surface area contributed by atoms with Crippen molar-refractivity contribution in [2.45, 2.75) is 30.6 Å². The summed E-state index contributed by atoms with van der Waals surface area (Å²) < 4.78 is 37.0. The number of amidine groups is 1. The van der Waals surface area contributed by atoms with Crippen LogP contribution < -0.4 is 10.5 Å². The largest absolute Gasteiger partial charge is 0.497 e. The quantitative estimate of drug-likeness (QED) is 0.609. The van der Waals surface area contributed by atoms with Crippen molar-refractivity contribution in [1.29, 1.82) is 0 Å². The third-order valence-electron chi connectivity index (χ3n) is 4.11. The van der Waals surface area contributed by atoms with Crippen LogP contribution in [0.5, 0.6) is 5.75 Å². The zero-order valence-corrected chi connectivity index (χ0v) is 14.3. The first kappa shape index (κ1) is 18.0. The monoisotopic (exact) mass is 344 g/mol. The van der Waals surface area contributed by atoms with Crippen molar-refractivity contribution in [3.63, 3.8) is 0 Å². The molecule has 2 rings (SSSR count). The highest BCUT2D eigenvalue weighted by Gasteiger charge is 2.80. The highest BCUT2D eigenvalue weighted by atomic mass is 32.2. The molecule has 2 atom stereocenters. The van der Waals surface area contributed by atoms with Crippen LogP contribution in [0.4, 0.5) is 8.78 Å². The van der Waals surface area contributed by atoms with E-state index in [1.165, 1.54) is 7.11 Å². The van der Waals surface area contributed by atoms with E-state index in [-0.39, 0.29) is 11.8 Å². The highest BCUT2D eigenvalue weighted by molar-refractivity contribution is 8.15. The second-order valence-corrected chi connectivity index (χ2v) is 6.86. The Balaban J connectivity index is 2.03. The van der Waals surface area contributed by atoms with Crippen LogP contribution in [-0.2, 0) is 11.3 Å². The van der Waals surface area contributed by atoms with Crippen molar-refractivity contribution in [2.75, 3.05) is 20.8 Å². The molecule has 0 bridgehead atoms. The van der Waals surface area contributed by atoms with Crippen molar-refractivity contribution in [3.8, 4) is 5.75 Å². The predicted molar refractivity (Wildman–Crippen MR) is 89.2 cm³/mol. The van der Waals surface area contributed by atoms with E-state index >= 15 is 0 Å². The normalized spacial score (nSPS) is 26.1. The molecule has 128 valence electrons. The predicted octanol–water partition coefficient (Wildman–Crippen LogP) is 3.30. The smallest absolute Gasteiger partial charge is 0.270 e. The number of rotatable bonds is 7. The molecule has 1 saturated carbocycles. The molecule has 0 heterocycles. The van der Waals surface area contributed by atoms with Crippen LogP contribution in [0.1, 0.15) is 18.9 Å². The Labute approximate surface area is 139 Å². The zero-order valence-electron chi connectivity index (χ0n) is 13.5. The van der Waals surface area contributed by atoms with E-state index in [0.717, 1.165) is 23.1 Å². The number of alkyl halides is 2. The van der Waals surface area contributed by atoms with Crippen LogP contribution in [0, 0.1) is 5.92 Å². The average Bonchev–Trinajstić information content (AvgIpc) is 2.99. The van der Waals surface area contributed by atoms with Gasteiger partial charge in [0.25, 0.3) is 5.92 Å². The Morgan fingerprint density at radius 1 is 1.30 bits per heavy atom. The van der Waals surface area contributed by atoms with E-state index in [9.17, 15) is 8.78 Å². The van der Waals surface area contributed by atoms with Crippen LogP contribution in [0.3, 0.4) is 0 Å². The molecule has 2 N–H and O–H groups in total. The molecule has 4 nitrogen and oxygen atoms in total. The second-order valence-electron chi connectivity index (χ2n) is 5.51. The Morgan fingerprint density at radius 2 is 1.96 bits per heavy atom. The van der Waals surface area contributed by atoms with Gasteiger partial charge in [0, 0.05) is 13.0 Å². The Morgan fingerprint density at radius 3 is 2.43 bits per heavy atom. The SMILES string of the molecule is CC[C@@H]1C(F)(F)[C@]1(COC)SC(N)=NCc1ccc(OC)cc1. The third kappa shape index (κ3) is 3.45. The van der Waals surface area contributed by atoms with Crippen molar-refractivity contribution in [3.05, 3.63) is 29.8 Å². The van der Waals surface area contributed by atoms with Gasteiger partial charge in [0.2, 0.25) is 0 Å². The van der Waals surface area contributed by atoms with Gasteiger partial charge in [0.1, 0.15) is 10.5 Å². The van der Waals surface area contributed by atoms with Crippen molar-refractivity contribution < 1.29 is 18.3 Å². The Bertz CT molecular complexity index is 566. The summed E-state index contributed by atoms with van der Waals surface area (Å²) in [5.74, 6) is -2.75. The number of halogens is 2. The summed E-state index contributed by atoms with van der Waals surface area (Å²) in [5.41, 5.74) is 6.81. The van der Waals surface area contributed by atoms with Gasteiger partial charge in [-0.3, -0.25) is 4.99 Å². The molecular weight excluding hydrogens is 322 g/mol. The molecule has 0 aromatic heterocycles. The maximum atomic E-state index is 14.1. The van der Waals surface area contributed by atoms with Gasteiger partial charge in [-0.25, -0.2) is 8.78 Å². The minimum absolute atomic E-state index is 0.0398. The van der Waals surface area contributed by atoms with Gasteiger partial charge in [0.05, 0.1) is 20.3 Å². The van der Waals surface area contributed by atoms with Crippen LogP contribution >= 0.6 is 11.8 Å². The molecule has 0 unspecified atom stereocenters. The van der Waals surface area contributed by atoms with Crippen LogP contribution in [-0.4, -0.2) is 36.7 Å². The van der Waals surface area contributed by atoms with Gasteiger partial charge < -0.3 is 15.2 Å². The molecule has 0 spiro atoms. The van der Waals surface area contributed by atoms with Crippen LogP contribution in [0.15, 0.2) is 29.3 Å². The first-order chi connectivity index (χ1) is 10.9. The molecule has 1 fully saturated rings. The van der Waals surface area contributed by atoms with E-state index < -0.39 is 16.6 Å². The fraction of sp³-hybridized carbons (Fsp3) is 0.562. The van der Waals surface area contributed by atoms with E-state index in [2.05, 4.69) is 4.99 Å². The summed E-state index contributed by atoms with van der Waals surface area (Å²) in [6.45, 7) is 2.05. The first-order valence-corrected chi connectivity index (χ1v) is 8.21. The van der Waals surface area contributed by atoms with Gasteiger partial charge in [-0.1, -0.05) is 30.8 Å². The van der Waals surface area contributed by atoms with Gasteiger partial charge in [-0.2, -0.15) is 0 Å². The second kappa shape index (κ2) is 7.05. The van der Waals surface area contributed by atoms with Crippen molar-refractivity contribution in [2.24, 2.45) is 16.6 Å². The minimum Gasteiger partial charge on any atom is -0.497 e. The number of methoxy groups -OCH3 is 2. The summed E-state index contributed by atoms with van der Waals surface area (Å²) in [4.78, 5) is 4.22. The summed E-state index contributed by atoms with van der Waals surface area (Å²) in [5, 5.41) is 0.161. The van der Waals surface area contributed by atoms with Gasteiger partial charge in [-0.05, 0) is 24.1 Å². The van der Waals surface area contributed by atoms with Crippen molar-refractivity contribution in [1.82, 2.24) is 0 Å². The number of thioether (sulfide) groups is 1. The molecule has 1 aliphatic rings. The van der Waals surface area contributed by atoms with Crippen LogP contribution in [0.2, 0.25) is 0 Å². The number of nitrogens with two attached hydrogens (primary N) is 1. The minimum atomic E-state index is -2.78. The van der Waals surface area contributed by atoms with Gasteiger partial charge in [-0.15, -0.1) is 0 Å². The lowest BCUT2D eigenvalue weighted by molar-refractivity contribution is 0.0720. The van der Waals surface area contributed by atoms with Gasteiger partial charge >= 0.3 is 0 Å². The topological polar surface area (TPSA) is 56.8 Å². The standard InChI is InChI=1S/C16H22F2N2O2S/c1-4-13-15(10-21-2,16(13,17)18)23-14(19)20-9-11-5-7-12(22-3)8-6-11/h5-8,13H,4,9-10H2,1-3H3,(H2,19,20)/t13-,15+/m0/s1. The maximum absolute atomic E-state index is 14.1. The number of hydrogen-bond acceptors (Lipinski definition) is 4. The lowest BCUT2D eigenvalue weighted by Crippen LogP contribution is -2.26.